The Balaban J connectivity index is 1.58. The van der Waals surface area contributed by atoms with E-state index in [9.17, 15) is 27.8 Å². The number of aliphatic hydroxyl groups is 1. The number of hydrogen-bond acceptors (Lipinski definition) is 8. The fraction of sp³-hybridized carbons (Fsp3) is 0.476. The van der Waals surface area contributed by atoms with Crippen LogP contribution in [0.3, 0.4) is 0 Å². The summed E-state index contributed by atoms with van der Waals surface area (Å²) in [6, 6.07) is 1.78. The van der Waals surface area contributed by atoms with Crippen LogP contribution in [-0.2, 0) is 16.2 Å². The molecule has 1 fully saturated rings. The Hall–Kier alpha value is -2.25. The molecule has 13 heteroatoms. The number of nitrogens with two attached hydrogens (primary N) is 1. The molecule has 1 aromatic carbocycles. The number of benzene rings is 1. The molecule has 2 aliphatic rings. The van der Waals surface area contributed by atoms with E-state index < -0.39 is 34.4 Å². The van der Waals surface area contributed by atoms with Crippen LogP contribution in [0.5, 0.6) is 0 Å². The maximum Gasteiger partial charge on any atom is 0.404 e. The van der Waals surface area contributed by atoms with Crippen molar-refractivity contribution in [3.8, 4) is 11.4 Å². The van der Waals surface area contributed by atoms with E-state index in [0.717, 1.165) is 12.1 Å². The van der Waals surface area contributed by atoms with Gasteiger partial charge in [0, 0.05) is 25.1 Å². The highest BCUT2D eigenvalue weighted by atomic mass is 35.5. The summed E-state index contributed by atoms with van der Waals surface area (Å²) in [6.45, 7) is 1.02. The van der Waals surface area contributed by atoms with Gasteiger partial charge in [-0.25, -0.2) is 23.5 Å². The Morgan fingerprint density at radius 3 is 2.62 bits per heavy atom. The molecule has 0 spiro atoms. The zero-order valence-corrected chi connectivity index (χ0v) is 19.7. The maximum absolute atomic E-state index is 14.6. The second-order valence-electron chi connectivity index (χ2n) is 8.48. The van der Waals surface area contributed by atoms with Crippen molar-refractivity contribution in [3.05, 3.63) is 40.0 Å². The maximum atomic E-state index is 14.6. The standard InChI is InChI=1S/C21H25ClF2N4O5S/c22-14-8-15(23)12(7-16(14)24)19-26-17-10-34(31,32)9-13(17)20(27-19)28-4-1-11(2-5-28)18(29)3-6-33-21(25)30/h7-8,11,18,29,31-32H,1-6,9-10H2,(H2,25,30). The second-order valence-corrected chi connectivity index (χ2v) is 11.1. The summed E-state index contributed by atoms with van der Waals surface area (Å²) in [5, 5.41) is 10.0. The fourth-order valence-electron chi connectivity index (χ4n) is 4.37. The van der Waals surface area contributed by atoms with Gasteiger partial charge in [0.2, 0.25) is 0 Å². The van der Waals surface area contributed by atoms with Gasteiger partial charge in [-0.2, -0.15) is 10.6 Å². The van der Waals surface area contributed by atoms with Crippen LogP contribution in [0.4, 0.5) is 19.4 Å². The summed E-state index contributed by atoms with van der Waals surface area (Å²) in [6.07, 6.45) is -0.0918. The highest BCUT2D eigenvalue weighted by Gasteiger charge is 2.34. The van der Waals surface area contributed by atoms with Gasteiger partial charge in [0.05, 0.1) is 40.5 Å². The molecule has 3 heterocycles. The molecule has 4 rings (SSSR count). The first-order chi connectivity index (χ1) is 16.0. The molecule has 0 bridgehead atoms. The topological polar surface area (TPSA) is 142 Å². The second kappa shape index (κ2) is 9.78. The Morgan fingerprint density at radius 2 is 1.94 bits per heavy atom. The zero-order chi connectivity index (χ0) is 24.6. The van der Waals surface area contributed by atoms with Gasteiger partial charge < -0.3 is 20.5 Å². The lowest BCUT2D eigenvalue weighted by molar-refractivity contribution is 0.0608. The number of carbonyl (C=O) groups is 1. The van der Waals surface area contributed by atoms with E-state index in [0.29, 0.717) is 43.0 Å². The number of aromatic nitrogens is 2. The highest BCUT2D eigenvalue weighted by molar-refractivity contribution is 8.23. The van der Waals surface area contributed by atoms with Crippen molar-refractivity contribution in [3.63, 3.8) is 0 Å². The van der Waals surface area contributed by atoms with Gasteiger partial charge in [0.15, 0.2) is 5.82 Å². The van der Waals surface area contributed by atoms with Gasteiger partial charge in [-0.1, -0.05) is 11.6 Å². The molecule has 2 aromatic rings. The highest BCUT2D eigenvalue weighted by Crippen LogP contribution is 2.54. The number of rotatable bonds is 6. The largest absolute Gasteiger partial charge is 0.450 e. The van der Waals surface area contributed by atoms with E-state index in [1.54, 1.807) is 0 Å². The molecule has 0 aliphatic carbocycles. The molecule has 1 atom stereocenters. The van der Waals surface area contributed by atoms with Crippen molar-refractivity contribution in [1.82, 2.24) is 9.97 Å². The minimum Gasteiger partial charge on any atom is -0.450 e. The summed E-state index contributed by atoms with van der Waals surface area (Å²) >= 11 is 5.67. The average Bonchev–Trinajstić information content (AvgIpc) is 3.09. The van der Waals surface area contributed by atoms with E-state index in [1.807, 2.05) is 4.90 Å². The monoisotopic (exact) mass is 518 g/mol. The summed E-state index contributed by atoms with van der Waals surface area (Å²) in [4.78, 5) is 21.4. The van der Waals surface area contributed by atoms with Gasteiger partial charge in [-0.15, -0.1) is 0 Å². The molecule has 0 radical (unpaired) electrons. The first kappa shape index (κ1) is 24.9. The van der Waals surface area contributed by atoms with Gasteiger partial charge in [0.1, 0.15) is 17.5 Å². The minimum absolute atomic E-state index is 0.0115. The number of ether oxygens (including phenoxy) is 1. The Kier molecular flexibility index (Phi) is 7.15. The number of carbonyl (C=O) groups excluding carboxylic acids is 1. The predicted molar refractivity (Wildman–Crippen MR) is 124 cm³/mol. The molecule has 5 N–H and O–H groups in total. The summed E-state index contributed by atoms with van der Waals surface area (Å²) in [5.74, 6) is -1.36. The van der Waals surface area contributed by atoms with Crippen LogP contribution >= 0.6 is 22.2 Å². The summed E-state index contributed by atoms with van der Waals surface area (Å²) in [5.41, 5.74) is 5.73. The molecule has 1 aromatic heterocycles. The van der Waals surface area contributed by atoms with E-state index in [2.05, 4.69) is 14.7 Å². The summed E-state index contributed by atoms with van der Waals surface area (Å²) in [7, 11) is -2.94. The van der Waals surface area contributed by atoms with Crippen molar-refractivity contribution in [2.45, 2.75) is 36.9 Å². The van der Waals surface area contributed by atoms with Crippen LogP contribution < -0.4 is 10.6 Å². The van der Waals surface area contributed by atoms with Gasteiger partial charge in [0.25, 0.3) is 0 Å². The number of anilines is 1. The van der Waals surface area contributed by atoms with Crippen molar-refractivity contribution >= 4 is 34.1 Å². The molecule has 1 amide bonds. The lowest BCUT2D eigenvalue weighted by Crippen LogP contribution is -2.39. The molecule has 34 heavy (non-hydrogen) atoms. The quantitative estimate of drug-likeness (QED) is 0.422. The first-order valence-corrected chi connectivity index (χ1v) is 12.9. The van der Waals surface area contributed by atoms with Gasteiger partial charge >= 0.3 is 6.09 Å². The van der Waals surface area contributed by atoms with Crippen LogP contribution in [0.2, 0.25) is 5.02 Å². The predicted octanol–water partition coefficient (Wildman–Crippen LogP) is 3.90. The van der Waals surface area contributed by atoms with Crippen molar-refractivity contribution in [2.24, 2.45) is 11.7 Å². The smallest absolute Gasteiger partial charge is 0.404 e. The van der Waals surface area contributed by atoms with Gasteiger partial charge in [-0.3, -0.25) is 9.11 Å². The molecule has 9 nitrogen and oxygen atoms in total. The fourth-order valence-corrected chi connectivity index (χ4v) is 6.06. The number of piperidine rings is 1. The van der Waals surface area contributed by atoms with Crippen molar-refractivity contribution < 1.29 is 32.5 Å². The van der Waals surface area contributed by atoms with E-state index >= 15 is 0 Å². The zero-order valence-electron chi connectivity index (χ0n) is 18.1. The molecule has 1 saturated heterocycles. The van der Waals surface area contributed by atoms with E-state index in [4.69, 9.17) is 17.3 Å². The minimum atomic E-state index is -2.94. The number of aliphatic hydroxyl groups excluding tert-OH is 1. The third-order valence-electron chi connectivity index (χ3n) is 6.11. The molecule has 1 unspecified atom stereocenters. The SMILES string of the molecule is NC(=O)OCCC(O)C1CCN(c2nc(-c3cc(F)c(Cl)cc3F)nc3c2CS(O)(O)C3)CC1. The Bertz CT molecular complexity index is 1100. The lowest BCUT2D eigenvalue weighted by atomic mass is 9.89. The Morgan fingerprint density at radius 1 is 1.24 bits per heavy atom. The average molecular weight is 519 g/mol. The molecular formula is C21H25ClF2N4O5S. The van der Waals surface area contributed by atoms with Crippen LogP contribution in [0, 0.1) is 17.6 Å². The first-order valence-electron chi connectivity index (χ1n) is 10.7. The van der Waals surface area contributed by atoms with Crippen molar-refractivity contribution in [1.29, 1.82) is 0 Å². The van der Waals surface area contributed by atoms with E-state index in [-0.39, 0.29) is 46.9 Å². The summed E-state index contributed by atoms with van der Waals surface area (Å²) < 4.78 is 53.9. The third-order valence-corrected chi connectivity index (χ3v) is 7.88. The molecule has 0 saturated carbocycles. The van der Waals surface area contributed by atoms with Gasteiger partial charge in [-0.05, 0) is 30.9 Å². The Labute approximate surface area is 201 Å². The van der Waals surface area contributed by atoms with Crippen molar-refractivity contribution in [2.75, 3.05) is 24.6 Å². The number of amides is 1. The molecular weight excluding hydrogens is 494 g/mol. The lowest BCUT2D eigenvalue weighted by Gasteiger charge is -2.36. The number of nitrogens with zero attached hydrogens (tertiary/aromatic N) is 3. The number of fused-ring (bicyclic) bond motifs is 1. The van der Waals surface area contributed by atoms with Crippen LogP contribution in [0.25, 0.3) is 11.4 Å². The normalized spacial score (nSPS) is 19.5. The number of primary amides is 1. The number of halogens is 3. The van der Waals surface area contributed by atoms with E-state index in [1.165, 1.54) is 0 Å². The number of hydrogen-bond donors (Lipinski definition) is 4. The molecule has 2 aliphatic heterocycles. The van der Waals surface area contributed by atoms with Crippen LogP contribution in [0.1, 0.15) is 30.5 Å². The van der Waals surface area contributed by atoms with Crippen LogP contribution in [0.15, 0.2) is 12.1 Å². The molecule has 186 valence electrons. The third kappa shape index (κ3) is 5.36. The van der Waals surface area contributed by atoms with Crippen LogP contribution in [-0.4, -0.2) is 56.1 Å².